The van der Waals surface area contributed by atoms with Crippen molar-refractivity contribution in [1.82, 2.24) is 0 Å². The van der Waals surface area contributed by atoms with E-state index in [9.17, 15) is 8.42 Å². The minimum Gasteiger partial charge on any atom is -0.398 e. The van der Waals surface area contributed by atoms with E-state index in [1.807, 2.05) is 79.7 Å². The molecule has 5 aromatic carbocycles. The monoisotopic (exact) mass is 438 g/mol. The highest BCUT2D eigenvalue weighted by molar-refractivity contribution is 7.92. The Bertz CT molecular complexity index is 1570. The number of hydrogen-bond donors (Lipinski definition) is 2. The highest BCUT2D eigenvalue weighted by Gasteiger charge is 2.20. The fraction of sp³-hybridized carbons (Fsp3) is 0.0370. The number of sulfonamides is 1. The van der Waals surface area contributed by atoms with Gasteiger partial charge in [-0.3, -0.25) is 4.72 Å². The van der Waals surface area contributed by atoms with Gasteiger partial charge in [0.2, 0.25) is 0 Å². The van der Waals surface area contributed by atoms with Crippen LogP contribution in [0.3, 0.4) is 0 Å². The summed E-state index contributed by atoms with van der Waals surface area (Å²) in [6.45, 7) is 1.93. The Morgan fingerprint density at radius 2 is 1.22 bits per heavy atom. The first-order chi connectivity index (χ1) is 15.4. The first-order valence-corrected chi connectivity index (χ1v) is 11.8. The van der Waals surface area contributed by atoms with Crippen LogP contribution in [0, 0.1) is 6.92 Å². The average Bonchev–Trinajstić information content (AvgIpc) is 2.80. The Morgan fingerprint density at radius 3 is 1.88 bits per heavy atom. The molecule has 0 radical (unpaired) electrons. The van der Waals surface area contributed by atoms with E-state index in [-0.39, 0.29) is 4.90 Å². The first-order valence-electron chi connectivity index (χ1n) is 10.3. The van der Waals surface area contributed by atoms with E-state index in [0.717, 1.165) is 38.2 Å². The minimum atomic E-state index is -3.79. The summed E-state index contributed by atoms with van der Waals surface area (Å²) >= 11 is 0. The summed E-state index contributed by atoms with van der Waals surface area (Å²) in [5, 5.41) is 3.95. The Labute approximate surface area is 187 Å². The number of rotatable bonds is 4. The number of nitrogen functional groups attached to an aromatic ring is 1. The van der Waals surface area contributed by atoms with Gasteiger partial charge in [-0.05, 0) is 52.7 Å². The van der Waals surface area contributed by atoms with E-state index < -0.39 is 10.0 Å². The molecule has 0 atom stereocenters. The zero-order chi connectivity index (χ0) is 22.3. The molecule has 0 saturated carbocycles. The van der Waals surface area contributed by atoms with E-state index >= 15 is 0 Å². The zero-order valence-electron chi connectivity index (χ0n) is 17.5. The van der Waals surface area contributed by atoms with Crippen LogP contribution in [0.5, 0.6) is 0 Å². The van der Waals surface area contributed by atoms with Gasteiger partial charge in [-0.25, -0.2) is 8.42 Å². The predicted molar refractivity (Wildman–Crippen MR) is 133 cm³/mol. The molecule has 0 amide bonds. The summed E-state index contributed by atoms with van der Waals surface area (Å²) < 4.78 is 29.3. The number of benzene rings is 5. The second-order valence-corrected chi connectivity index (χ2v) is 9.56. The molecule has 0 aliphatic rings. The maximum Gasteiger partial charge on any atom is 0.261 e. The number of hydrogen-bond acceptors (Lipinski definition) is 3. The van der Waals surface area contributed by atoms with Crippen LogP contribution in [-0.2, 0) is 10.0 Å². The fourth-order valence-electron chi connectivity index (χ4n) is 4.11. The van der Waals surface area contributed by atoms with Gasteiger partial charge in [-0.15, -0.1) is 0 Å². The molecule has 5 rings (SSSR count). The number of fused-ring (bicyclic) bond motifs is 2. The molecule has 5 aromatic rings. The van der Waals surface area contributed by atoms with Crippen molar-refractivity contribution in [3.05, 3.63) is 103 Å². The second kappa shape index (κ2) is 7.70. The Balaban J connectivity index is 1.79. The molecule has 0 saturated heterocycles. The molecule has 0 aromatic heterocycles. The van der Waals surface area contributed by atoms with Gasteiger partial charge < -0.3 is 5.73 Å². The standard InChI is InChI=1S/C27H22N2O2S/c1-18-10-14-21(15-11-18)32(30,31)29-25-17-13-20-7-3-5-9-23(20)27(25)26-22-8-4-2-6-19(22)12-16-24(26)28/h2-17,29H,28H2,1H3. The fourth-order valence-corrected chi connectivity index (χ4v) is 5.19. The Kier molecular flexibility index (Phi) is 4.83. The highest BCUT2D eigenvalue weighted by atomic mass is 32.2. The van der Waals surface area contributed by atoms with Crippen LogP contribution >= 0.6 is 0 Å². The van der Waals surface area contributed by atoms with Crippen molar-refractivity contribution in [1.29, 1.82) is 0 Å². The summed E-state index contributed by atoms with van der Waals surface area (Å²) in [7, 11) is -3.79. The summed E-state index contributed by atoms with van der Waals surface area (Å²) in [4.78, 5) is 0.216. The first kappa shape index (κ1) is 20.1. The van der Waals surface area contributed by atoms with Crippen molar-refractivity contribution in [2.24, 2.45) is 0 Å². The van der Waals surface area contributed by atoms with Crippen LogP contribution < -0.4 is 10.5 Å². The average molecular weight is 439 g/mol. The van der Waals surface area contributed by atoms with Crippen LogP contribution in [-0.4, -0.2) is 8.42 Å². The maximum atomic E-state index is 13.2. The van der Waals surface area contributed by atoms with Gasteiger partial charge in [0.1, 0.15) is 0 Å². The van der Waals surface area contributed by atoms with Crippen LogP contribution in [0.25, 0.3) is 32.7 Å². The lowest BCUT2D eigenvalue weighted by atomic mass is 9.91. The lowest BCUT2D eigenvalue weighted by Crippen LogP contribution is -2.14. The van der Waals surface area contributed by atoms with Gasteiger partial charge in [0.25, 0.3) is 10.0 Å². The SMILES string of the molecule is Cc1ccc(S(=O)(=O)Nc2ccc3ccccc3c2-c2c(N)ccc3ccccc23)cc1. The lowest BCUT2D eigenvalue weighted by Gasteiger charge is -2.19. The second-order valence-electron chi connectivity index (χ2n) is 7.88. The van der Waals surface area contributed by atoms with Gasteiger partial charge in [-0.1, -0.05) is 78.4 Å². The van der Waals surface area contributed by atoms with Crippen molar-refractivity contribution >= 4 is 42.9 Å². The molecule has 158 valence electrons. The van der Waals surface area contributed by atoms with E-state index in [0.29, 0.717) is 11.4 Å². The Morgan fingerprint density at radius 1 is 0.656 bits per heavy atom. The van der Waals surface area contributed by atoms with Crippen molar-refractivity contribution in [2.45, 2.75) is 11.8 Å². The topological polar surface area (TPSA) is 72.2 Å². The van der Waals surface area contributed by atoms with E-state index in [1.165, 1.54) is 0 Å². The molecular formula is C27H22N2O2S. The molecule has 0 spiro atoms. The minimum absolute atomic E-state index is 0.216. The maximum absolute atomic E-state index is 13.2. The molecule has 0 bridgehead atoms. The van der Waals surface area contributed by atoms with E-state index in [2.05, 4.69) is 4.72 Å². The molecule has 0 unspecified atom stereocenters. The van der Waals surface area contributed by atoms with Gasteiger partial charge in [0.05, 0.1) is 10.6 Å². The van der Waals surface area contributed by atoms with Crippen molar-refractivity contribution in [3.8, 4) is 11.1 Å². The third-order valence-electron chi connectivity index (χ3n) is 5.72. The Hall–Kier alpha value is -3.83. The number of nitrogens with one attached hydrogen (secondary N) is 1. The number of anilines is 2. The molecule has 5 heteroatoms. The predicted octanol–water partition coefficient (Wildman–Crippen LogP) is 6.35. The molecule has 0 aliphatic carbocycles. The smallest absolute Gasteiger partial charge is 0.261 e. The largest absolute Gasteiger partial charge is 0.398 e. The summed E-state index contributed by atoms with van der Waals surface area (Å²) in [6, 6.07) is 30.3. The molecular weight excluding hydrogens is 416 g/mol. The molecule has 0 aliphatic heterocycles. The van der Waals surface area contributed by atoms with Crippen LogP contribution in [0.2, 0.25) is 0 Å². The lowest BCUT2D eigenvalue weighted by molar-refractivity contribution is 0.601. The normalized spacial score (nSPS) is 11.7. The summed E-state index contributed by atoms with van der Waals surface area (Å²) in [5.74, 6) is 0. The third-order valence-corrected chi connectivity index (χ3v) is 7.10. The third kappa shape index (κ3) is 3.47. The molecule has 32 heavy (non-hydrogen) atoms. The highest BCUT2D eigenvalue weighted by Crippen LogP contribution is 2.43. The quantitative estimate of drug-likeness (QED) is 0.321. The van der Waals surface area contributed by atoms with Crippen molar-refractivity contribution in [3.63, 3.8) is 0 Å². The number of nitrogens with two attached hydrogens (primary N) is 1. The number of aryl methyl sites for hydroxylation is 1. The van der Waals surface area contributed by atoms with E-state index in [4.69, 9.17) is 5.73 Å². The zero-order valence-corrected chi connectivity index (χ0v) is 18.4. The van der Waals surface area contributed by atoms with Gasteiger partial charge in [-0.2, -0.15) is 0 Å². The van der Waals surface area contributed by atoms with Crippen molar-refractivity contribution in [2.75, 3.05) is 10.5 Å². The summed E-state index contributed by atoms with van der Waals surface area (Å²) in [6.07, 6.45) is 0. The van der Waals surface area contributed by atoms with Crippen LogP contribution in [0.1, 0.15) is 5.56 Å². The van der Waals surface area contributed by atoms with E-state index in [1.54, 1.807) is 24.3 Å². The molecule has 0 fully saturated rings. The van der Waals surface area contributed by atoms with Crippen LogP contribution in [0.15, 0.2) is 102 Å². The van der Waals surface area contributed by atoms with Gasteiger partial charge in [0.15, 0.2) is 0 Å². The summed E-state index contributed by atoms with van der Waals surface area (Å²) in [5.41, 5.74) is 10.2. The van der Waals surface area contributed by atoms with Crippen molar-refractivity contribution < 1.29 is 8.42 Å². The molecule has 0 heterocycles. The molecule has 4 nitrogen and oxygen atoms in total. The van der Waals surface area contributed by atoms with Gasteiger partial charge >= 0.3 is 0 Å². The van der Waals surface area contributed by atoms with Gasteiger partial charge in [0, 0.05) is 16.8 Å². The van der Waals surface area contributed by atoms with Crippen LogP contribution in [0.4, 0.5) is 11.4 Å². The molecule has 3 N–H and O–H groups in total.